The molecule has 0 radical (unpaired) electrons. The number of carbonyl (C=O) groups excluding carboxylic acids is 2. The molecule has 0 saturated carbocycles. The van der Waals surface area contributed by atoms with E-state index in [0.717, 1.165) is 11.1 Å². The van der Waals surface area contributed by atoms with Gasteiger partial charge < -0.3 is 9.47 Å². The SMILES string of the molecule is COc1cc2c(cc1OC)C1C(C)C(=O)C(C)=CC13CC(C)(C)N=C3C2=O. The molecular formula is C22H25NO4. The molecule has 1 heterocycles. The number of ether oxygens (including phenoxy) is 2. The number of hydrogen-bond donors (Lipinski definition) is 0. The number of allylic oxidation sites excluding steroid dienone is 2. The first kappa shape index (κ1) is 18.0. The molecule has 142 valence electrons. The summed E-state index contributed by atoms with van der Waals surface area (Å²) in [4.78, 5) is 31.1. The fourth-order valence-electron chi connectivity index (χ4n) is 5.41. The summed E-state index contributed by atoms with van der Waals surface area (Å²) < 4.78 is 10.9. The molecule has 0 aromatic heterocycles. The number of carbonyl (C=O) groups is 2. The Bertz CT molecular complexity index is 940. The zero-order valence-electron chi connectivity index (χ0n) is 16.7. The van der Waals surface area contributed by atoms with E-state index in [1.54, 1.807) is 20.3 Å². The van der Waals surface area contributed by atoms with E-state index < -0.39 is 5.41 Å². The van der Waals surface area contributed by atoms with Crippen LogP contribution in [0.2, 0.25) is 0 Å². The van der Waals surface area contributed by atoms with Crippen LogP contribution in [0.3, 0.4) is 0 Å². The van der Waals surface area contributed by atoms with Crippen LogP contribution in [-0.2, 0) is 4.79 Å². The van der Waals surface area contributed by atoms with Crippen molar-refractivity contribution in [2.24, 2.45) is 16.3 Å². The first-order valence-corrected chi connectivity index (χ1v) is 9.30. The summed E-state index contributed by atoms with van der Waals surface area (Å²) in [5.41, 5.74) is 1.84. The van der Waals surface area contributed by atoms with E-state index in [-0.39, 0.29) is 28.9 Å². The Kier molecular flexibility index (Phi) is 3.68. The number of hydrogen-bond acceptors (Lipinski definition) is 5. The van der Waals surface area contributed by atoms with Crippen molar-refractivity contribution >= 4 is 17.3 Å². The molecule has 0 amide bonds. The molecule has 5 nitrogen and oxygen atoms in total. The average molecular weight is 367 g/mol. The van der Waals surface area contributed by atoms with Crippen molar-refractivity contribution in [3.8, 4) is 11.5 Å². The van der Waals surface area contributed by atoms with Crippen molar-refractivity contribution in [1.82, 2.24) is 0 Å². The second-order valence-electron chi connectivity index (χ2n) is 8.57. The van der Waals surface area contributed by atoms with Gasteiger partial charge in [0.15, 0.2) is 17.3 Å². The van der Waals surface area contributed by atoms with Crippen LogP contribution >= 0.6 is 0 Å². The smallest absolute Gasteiger partial charge is 0.208 e. The topological polar surface area (TPSA) is 65.0 Å². The van der Waals surface area contributed by atoms with Gasteiger partial charge in [-0.1, -0.05) is 13.0 Å². The lowest BCUT2D eigenvalue weighted by Crippen LogP contribution is -2.49. The molecule has 3 unspecified atom stereocenters. The quantitative estimate of drug-likeness (QED) is 0.798. The highest BCUT2D eigenvalue weighted by molar-refractivity contribution is 6.50. The highest BCUT2D eigenvalue weighted by atomic mass is 16.5. The lowest BCUT2D eigenvalue weighted by molar-refractivity contribution is -0.120. The van der Waals surface area contributed by atoms with Crippen LogP contribution < -0.4 is 9.47 Å². The normalized spacial score (nSPS) is 30.7. The van der Waals surface area contributed by atoms with Gasteiger partial charge in [-0.25, -0.2) is 0 Å². The summed E-state index contributed by atoms with van der Waals surface area (Å²) in [6, 6.07) is 3.61. The number of ketones is 2. The summed E-state index contributed by atoms with van der Waals surface area (Å²) >= 11 is 0. The zero-order valence-corrected chi connectivity index (χ0v) is 16.7. The number of aliphatic imine (C=N–C) groups is 1. The molecule has 1 spiro atoms. The zero-order chi connectivity index (χ0) is 19.7. The van der Waals surface area contributed by atoms with E-state index in [1.165, 1.54) is 0 Å². The van der Waals surface area contributed by atoms with Crippen LogP contribution in [0, 0.1) is 11.3 Å². The molecule has 0 bridgehead atoms. The van der Waals surface area contributed by atoms with Crippen molar-refractivity contribution in [3.63, 3.8) is 0 Å². The molecule has 0 fully saturated rings. The minimum Gasteiger partial charge on any atom is -0.493 e. The predicted octanol–water partition coefficient (Wildman–Crippen LogP) is 3.76. The Hall–Kier alpha value is -2.43. The predicted molar refractivity (Wildman–Crippen MR) is 103 cm³/mol. The summed E-state index contributed by atoms with van der Waals surface area (Å²) in [5.74, 6) is 0.767. The third kappa shape index (κ3) is 2.27. The molecule has 4 rings (SSSR count). The van der Waals surface area contributed by atoms with Gasteiger partial charge in [-0.15, -0.1) is 0 Å². The number of nitrogens with zero attached hydrogens (tertiary/aromatic N) is 1. The Balaban J connectivity index is 2.06. The Morgan fingerprint density at radius 1 is 1.11 bits per heavy atom. The van der Waals surface area contributed by atoms with Crippen LogP contribution in [-0.4, -0.2) is 37.0 Å². The molecule has 1 aromatic carbocycles. The lowest BCUT2D eigenvalue weighted by atomic mass is 9.53. The standard InChI is InChI=1S/C22H25NO4/c1-11-9-22-10-21(3,4)23-20(22)19(25)14-8-16(27-6)15(26-5)7-13(14)17(22)12(2)18(11)24/h7-9,12,17H,10H2,1-6H3. The maximum Gasteiger partial charge on any atom is 0.208 e. The fourth-order valence-corrected chi connectivity index (χ4v) is 5.41. The van der Waals surface area contributed by atoms with Crippen molar-refractivity contribution in [3.05, 3.63) is 34.9 Å². The largest absolute Gasteiger partial charge is 0.493 e. The number of fused-ring (bicyclic) bond motifs is 2. The van der Waals surface area contributed by atoms with E-state index >= 15 is 0 Å². The minimum atomic E-state index is -0.537. The Morgan fingerprint density at radius 2 is 1.74 bits per heavy atom. The fraction of sp³-hybridized carbons (Fsp3) is 0.500. The van der Waals surface area contributed by atoms with Gasteiger partial charge in [0.2, 0.25) is 5.78 Å². The van der Waals surface area contributed by atoms with Crippen LogP contribution in [0.5, 0.6) is 11.5 Å². The highest BCUT2D eigenvalue weighted by Crippen LogP contribution is 2.60. The van der Waals surface area contributed by atoms with Gasteiger partial charge in [0, 0.05) is 22.8 Å². The summed E-state index contributed by atoms with van der Waals surface area (Å²) in [6.45, 7) is 7.91. The highest BCUT2D eigenvalue weighted by Gasteiger charge is 2.60. The number of rotatable bonds is 2. The maximum atomic E-state index is 13.5. The van der Waals surface area contributed by atoms with Gasteiger partial charge in [-0.2, -0.15) is 0 Å². The van der Waals surface area contributed by atoms with Gasteiger partial charge >= 0.3 is 0 Å². The number of methoxy groups -OCH3 is 2. The van der Waals surface area contributed by atoms with Crippen LogP contribution in [0.25, 0.3) is 0 Å². The third-order valence-corrected chi connectivity index (χ3v) is 6.26. The third-order valence-electron chi connectivity index (χ3n) is 6.26. The van der Waals surface area contributed by atoms with Gasteiger partial charge in [0.25, 0.3) is 0 Å². The molecular weight excluding hydrogens is 342 g/mol. The molecule has 5 heteroatoms. The van der Waals surface area contributed by atoms with Gasteiger partial charge in [-0.3, -0.25) is 14.6 Å². The van der Waals surface area contributed by atoms with E-state index in [4.69, 9.17) is 14.5 Å². The second kappa shape index (κ2) is 5.54. The molecule has 27 heavy (non-hydrogen) atoms. The van der Waals surface area contributed by atoms with Gasteiger partial charge in [0.05, 0.1) is 25.5 Å². The Labute approximate surface area is 159 Å². The molecule has 3 atom stereocenters. The first-order chi connectivity index (χ1) is 12.6. The van der Waals surface area contributed by atoms with Crippen molar-refractivity contribution in [2.75, 3.05) is 14.2 Å². The molecule has 3 aliphatic rings. The van der Waals surface area contributed by atoms with Crippen LogP contribution in [0.15, 0.2) is 28.8 Å². The Morgan fingerprint density at radius 3 is 2.37 bits per heavy atom. The van der Waals surface area contributed by atoms with Gasteiger partial charge in [0.1, 0.15) is 0 Å². The van der Waals surface area contributed by atoms with E-state index in [1.807, 2.05) is 39.8 Å². The van der Waals surface area contributed by atoms with Gasteiger partial charge in [-0.05, 0) is 50.5 Å². The van der Waals surface area contributed by atoms with Crippen molar-refractivity contribution < 1.29 is 19.1 Å². The average Bonchev–Trinajstić information content (AvgIpc) is 2.89. The number of Topliss-reactive ketones (excluding diaryl/α,β-unsaturated/α-hetero) is 2. The van der Waals surface area contributed by atoms with E-state index in [0.29, 0.717) is 29.2 Å². The molecule has 2 aliphatic carbocycles. The van der Waals surface area contributed by atoms with Crippen LogP contribution in [0.1, 0.15) is 56.0 Å². The van der Waals surface area contributed by atoms with E-state index in [9.17, 15) is 9.59 Å². The second-order valence-corrected chi connectivity index (χ2v) is 8.57. The number of benzene rings is 1. The maximum absolute atomic E-state index is 13.5. The monoisotopic (exact) mass is 367 g/mol. The van der Waals surface area contributed by atoms with E-state index in [2.05, 4.69) is 0 Å². The van der Waals surface area contributed by atoms with Crippen molar-refractivity contribution in [1.29, 1.82) is 0 Å². The lowest BCUT2D eigenvalue weighted by Gasteiger charge is -2.47. The molecule has 0 saturated heterocycles. The summed E-state index contributed by atoms with van der Waals surface area (Å²) in [6.07, 6.45) is 2.72. The summed E-state index contributed by atoms with van der Waals surface area (Å²) in [5, 5.41) is 0. The molecule has 1 aliphatic heterocycles. The molecule has 0 N–H and O–H groups in total. The summed E-state index contributed by atoms with van der Waals surface area (Å²) in [7, 11) is 3.13. The van der Waals surface area contributed by atoms with Crippen molar-refractivity contribution in [2.45, 2.75) is 45.6 Å². The minimum absolute atomic E-state index is 0.0709. The van der Waals surface area contributed by atoms with Crippen LogP contribution in [0.4, 0.5) is 0 Å². The first-order valence-electron chi connectivity index (χ1n) is 9.30. The molecule has 1 aromatic rings.